The van der Waals surface area contributed by atoms with E-state index in [4.69, 9.17) is 4.74 Å². The second kappa shape index (κ2) is 3.91. The molecule has 2 nitrogen and oxygen atoms in total. The van der Waals surface area contributed by atoms with Crippen molar-refractivity contribution in [2.24, 2.45) is 0 Å². The number of hydrogen-bond donors (Lipinski definition) is 0. The maximum absolute atomic E-state index is 12.7. The van der Waals surface area contributed by atoms with Crippen molar-refractivity contribution >= 4 is 11.9 Å². The minimum Gasteiger partial charge on any atom is -0.475 e. The molecule has 90 valence electrons. The van der Waals surface area contributed by atoms with E-state index in [1.54, 1.807) is 18.2 Å². The Bertz CT molecular complexity index is 489. The lowest BCUT2D eigenvalue weighted by Gasteiger charge is -2.27. The summed E-state index contributed by atoms with van der Waals surface area (Å²) < 4.78 is 43.0. The van der Waals surface area contributed by atoms with Crippen LogP contribution in [0.15, 0.2) is 29.8 Å². The van der Waals surface area contributed by atoms with Gasteiger partial charge in [0.2, 0.25) is 6.10 Å². The van der Waals surface area contributed by atoms with Gasteiger partial charge < -0.3 is 4.74 Å². The second-order valence-electron chi connectivity index (χ2n) is 3.73. The predicted molar refractivity (Wildman–Crippen MR) is 55.6 cm³/mol. The molecule has 0 fully saturated rings. The molecular formula is C12H9F3O2. The van der Waals surface area contributed by atoms with Crippen molar-refractivity contribution in [1.82, 2.24) is 0 Å². The first-order chi connectivity index (χ1) is 7.89. The van der Waals surface area contributed by atoms with Crippen molar-refractivity contribution in [3.05, 3.63) is 35.4 Å². The second-order valence-corrected chi connectivity index (χ2v) is 3.73. The molecule has 0 aromatic heterocycles. The molecule has 0 spiro atoms. The van der Waals surface area contributed by atoms with Gasteiger partial charge in [0.05, 0.1) is 0 Å². The van der Waals surface area contributed by atoms with Gasteiger partial charge in [-0.05, 0) is 19.1 Å². The number of ether oxygens (including phenoxy) is 1. The van der Waals surface area contributed by atoms with E-state index in [-0.39, 0.29) is 11.3 Å². The number of Topliss-reactive ketones (excluding diaryl/α,β-unsaturated/α-hetero) is 1. The quantitative estimate of drug-likeness (QED) is 0.756. The van der Waals surface area contributed by atoms with E-state index in [0.29, 0.717) is 5.56 Å². The van der Waals surface area contributed by atoms with Crippen LogP contribution in [0.3, 0.4) is 0 Å². The fourth-order valence-corrected chi connectivity index (χ4v) is 1.67. The van der Waals surface area contributed by atoms with Crippen molar-refractivity contribution in [2.75, 3.05) is 0 Å². The number of carbonyl (C=O) groups is 1. The highest BCUT2D eigenvalue weighted by molar-refractivity contribution is 6.00. The molecule has 0 radical (unpaired) electrons. The number of alkyl halides is 3. The van der Waals surface area contributed by atoms with E-state index in [1.165, 1.54) is 12.1 Å². The monoisotopic (exact) mass is 242 g/mol. The normalized spacial score (nSPS) is 19.1. The molecule has 0 amide bonds. The fourth-order valence-electron chi connectivity index (χ4n) is 1.67. The summed E-state index contributed by atoms with van der Waals surface area (Å²) in [7, 11) is 0. The third-order valence-electron chi connectivity index (χ3n) is 2.46. The smallest absolute Gasteiger partial charge is 0.429 e. The fraction of sp³-hybridized carbons (Fsp3) is 0.250. The highest BCUT2D eigenvalue weighted by atomic mass is 19.4. The summed E-state index contributed by atoms with van der Waals surface area (Å²) in [6.45, 7) is 1.10. The molecule has 1 atom stereocenters. The molecule has 1 unspecified atom stereocenters. The lowest BCUT2D eigenvalue weighted by atomic mass is 9.98. The van der Waals surface area contributed by atoms with Gasteiger partial charge in [-0.15, -0.1) is 0 Å². The van der Waals surface area contributed by atoms with Crippen LogP contribution in [0, 0.1) is 0 Å². The highest BCUT2D eigenvalue weighted by Crippen LogP contribution is 2.37. The van der Waals surface area contributed by atoms with Crippen LogP contribution in [-0.2, 0) is 4.79 Å². The Kier molecular flexibility index (Phi) is 2.69. The van der Waals surface area contributed by atoms with Crippen molar-refractivity contribution < 1.29 is 22.7 Å². The zero-order valence-corrected chi connectivity index (χ0v) is 8.91. The zero-order chi connectivity index (χ0) is 12.6. The molecule has 0 saturated heterocycles. The molecule has 17 heavy (non-hydrogen) atoms. The van der Waals surface area contributed by atoms with Crippen LogP contribution >= 0.6 is 0 Å². The number of hydrogen-bond acceptors (Lipinski definition) is 2. The van der Waals surface area contributed by atoms with Gasteiger partial charge in [-0.1, -0.05) is 18.2 Å². The van der Waals surface area contributed by atoms with Gasteiger partial charge in [-0.3, -0.25) is 4.79 Å². The molecule has 1 aliphatic heterocycles. The average Bonchev–Trinajstić information content (AvgIpc) is 2.26. The highest BCUT2D eigenvalue weighted by Gasteiger charge is 2.47. The van der Waals surface area contributed by atoms with E-state index < -0.39 is 18.1 Å². The average molecular weight is 242 g/mol. The molecular weight excluding hydrogens is 233 g/mol. The molecule has 2 rings (SSSR count). The molecule has 0 aliphatic carbocycles. The van der Waals surface area contributed by atoms with E-state index in [9.17, 15) is 18.0 Å². The number of rotatable bonds is 1. The molecule has 0 bridgehead atoms. The summed E-state index contributed by atoms with van der Waals surface area (Å²) in [5, 5.41) is 0. The Morgan fingerprint density at radius 3 is 2.53 bits per heavy atom. The summed E-state index contributed by atoms with van der Waals surface area (Å²) in [6.07, 6.45) is -5.53. The molecule has 1 aliphatic rings. The first-order valence-corrected chi connectivity index (χ1v) is 4.94. The van der Waals surface area contributed by atoms with Crippen molar-refractivity contribution in [3.8, 4) is 5.75 Å². The van der Waals surface area contributed by atoms with Crippen LogP contribution in [0.5, 0.6) is 5.75 Å². The Hall–Kier alpha value is -1.78. The third-order valence-corrected chi connectivity index (χ3v) is 2.46. The maximum atomic E-state index is 12.7. The topological polar surface area (TPSA) is 26.3 Å². The van der Waals surface area contributed by atoms with E-state index in [2.05, 4.69) is 0 Å². The molecule has 1 aromatic carbocycles. The van der Waals surface area contributed by atoms with Gasteiger partial charge in [0.15, 0.2) is 5.78 Å². The van der Waals surface area contributed by atoms with Crippen LogP contribution in [0.1, 0.15) is 12.5 Å². The Morgan fingerprint density at radius 1 is 1.29 bits per heavy atom. The van der Waals surface area contributed by atoms with Gasteiger partial charge in [0.25, 0.3) is 0 Å². The van der Waals surface area contributed by atoms with Crippen molar-refractivity contribution in [1.29, 1.82) is 0 Å². The van der Waals surface area contributed by atoms with Crippen LogP contribution < -0.4 is 4.74 Å². The Morgan fingerprint density at radius 2 is 1.94 bits per heavy atom. The van der Waals surface area contributed by atoms with Gasteiger partial charge in [0, 0.05) is 11.1 Å². The minimum absolute atomic E-state index is 0.139. The van der Waals surface area contributed by atoms with Crippen molar-refractivity contribution in [3.63, 3.8) is 0 Å². The maximum Gasteiger partial charge on any atom is 0.429 e. The lowest BCUT2D eigenvalue weighted by Crippen LogP contribution is -2.39. The number of halogens is 3. The summed E-state index contributed by atoms with van der Waals surface area (Å²) in [5.41, 5.74) is 0.120. The summed E-state index contributed by atoms with van der Waals surface area (Å²) in [5.74, 6) is -0.498. The van der Waals surface area contributed by atoms with Crippen LogP contribution in [0.2, 0.25) is 0 Å². The predicted octanol–water partition coefficient (Wildman–Crippen LogP) is 2.98. The summed E-state index contributed by atoms with van der Waals surface area (Å²) in [4.78, 5) is 11.2. The van der Waals surface area contributed by atoms with Crippen LogP contribution in [0.25, 0.3) is 6.08 Å². The SMILES string of the molecule is CC(=O)C1=Cc2ccccc2OC1C(F)(F)F. The number of carbonyl (C=O) groups excluding carboxylic acids is 1. The van der Waals surface area contributed by atoms with Crippen molar-refractivity contribution in [2.45, 2.75) is 19.2 Å². The zero-order valence-electron chi connectivity index (χ0n) is 8.91. The number of para-hydroxylation sites is 1. The molecule has 0 saturated carbocycles. The molecule has 1 heterocycles. The Labute approximate surface area is 95.7 Å². The number of benzene rings is 1. The third kappa shape index (κ3) is 2.18. The summed E-state index contributed by atoms with van der Waals surface area (Å²) >= 11 is 0. The van der Waals surface area contributed by atoms with Gasteiger partial charge >= 0.3 is 6.18 Å². The van der Waals surface area contributed by atoms with Gasteiger partial charge in [0.1, 0.15) is 5.75 Å². The Balaban J connectivity index is 2.51. The largest absolute Gasteiger partial charge is 0.475 e. The molecule has 0 N–H and O–H groups in total. The standard InChI is InChI=1S/C12H9F3O2/c1-7(16)9-6-8-4-2-3-5-10(8)17-11(9)12(13,14)15/h2-6,11H,1H3. The minimum atomic E-state index is -4.59. The molecule has 1 aromatic rings. The summed E-state index contributed by atoms with van der Waals surface area (Å²) in [6, 6.07) is 6.30. The van der Waals surface area contributed by atoms with Gasteiger partial charge in [-0.25, -0.2) is 0 Å². The van der Waals surface area contributed by atoms with Crippen LogP contribution in [-0.4, -0.2) is 18.1 Å². The lowest BCUT2D eigenvalue weighted by molar-refractivity contribution is -0.184. The first-order valence-electron chi connectivity index (χ1n) is 4.94. The van der Waals surface area contributed by atoms with Crippen LogP contribution in [0.4, 0.5) is 13.2 Å². The van der Waals surface area contributed by atoms with E-state index in [1.807, 2.05) is 0 Å². The first kappa shape index (κ1) is 11.7. The molecule has 5 heteroatoms. The van der Waals surface area contributed by atoms with E-state index in [0.717, 1.165) is 6.92 Å². The number of fused-ring (bicyclic) bond motifs is 1. The van der Waals surface area contributed by atoms with Gasteiger partial charge in [-0.2, -0.15) is 13.2 Å². The number of ketones is 1. The van der Waals surface area contributed by atoms with E-state index >= 15 is 0 Å².